The van der Waals surface area contributed by atoms with Crippen molar-refractivity contribution in [2.75, 3.05) is 19.0 Å². The van der Waals surface area contributed by atoms with Crippen molar-refractivity contribution in [3.05, 3.63) is 23.2 Å². The predicted molar refractivity (Wildman–Crippen MR) is 69.9 cm³/mol. The van der Waals surface area contributed by atoms with Crippen molar-refractivity contribution < 1.29 is 9.53 Å². The van der Waals surface area contributed by atoms with Gasteiger partial charge in [-0.1, -0.05) is 31.0 Å². The Morgan fingerprint density at radius 3 is 2.88 bits per heavy atom. The molecular weight excluding hydrogens is 240 g/mol. The van der Waals surface area contributed by atoms with E-state index in [1.807, 2.05) is 0 Å². The molecule has 0 radical (unpaired) electrons. The van der Waals surface area contributed by atoms with Crippen molar-refractivity contribution in [3.8, 4) is 5.75 Å². The van der Waals surface area contributed by atoms with Gasteiger partial charge in [-0.15, -0.1) is 0 Å². The Labute approximate surface area is 106 Å². The molecule has 0 unspecified atom stereocenters. The van der Waals surface area contributed by atoms with Gasteiger partial charge in [-0.2, -0.15) is 0 Å². The van der Waals surface area contributed by atoms with Gasteiger partial charge in [0.25, 0.3) is 0 Å². The van der Waals surface area contributed by atoms with Crippen molar-refractivity contribution in [3.63, 3.8) is 0 Å². The fourth-order valence-corrected chi connectivity index (χ4v) is 1.61. The maximum atomic E-state index is 11.5. The number of hydrogen-bond acceptors (Lipinski definition) is 2. The van der Waals surface area contributed by atoms with E-state index in [4.69, 9.17) is 16.3 Å². The topological polar surface area (TPSA) is 50.4 Å². The number of halogens is 1. The van der Waals surface area contributed by atoms with E-state index in [1.54, 1.807) is 18.2 Å². The summed E-state index contributed by atoms with van der Waals surface area (Å²) in [5.74, 6) is 0.472. The number of ether oxygens (including phenoxy) is 1. The molecule has 5 heteroatoms. The van der Waals surface area contributed by atoms with Crippen LogP contribution in [0, 0.1) is 0 Å². The maximum absolute atomic E-state index is 11.5. The lowest BCUT2D eigenvalue weighted by atomic mass is 10.3. The van der Waals surface area contributed by atoms with Gasteiger partial charge in [0.15, 0.2) is 5.75 Å². The fourth-order valence-electron chi connectivity index (χ4n) is 1.36. The van der Waals surface area contributed by atoms with Gasteiger partial charge in [0.1, 0.15) is 0 Å². The molecule has 0 fully saturated rings. The van der Waals surface area contributed by atoms with Gasteiger partial charge in [0.05, 0.1) is 17.8 Å². The van der Waals surface area contributed by atoms with Crippen molar-refractivity contribution >= 4 is 23.3 Å². The highest BCUT2D eigenvalue weighted by Crippen LogP contribution is 2.32. The Morgan fingerprint density at radius 2 is 2.24 bits per heavy atom. The van der Waals surface area contributed by atoms with Crippen molar-refractivity contribution in [2.24, 2.45) is 0 Å². The second-order valence-electron chi connectivity index (χ2n) is 3.56. The largest absolute Gasteiger partial charge is 0.493 e. The zero-order valence-electron chi connectivity index (χ0n) is 10.0. The van der Waals surface area contributed by atoms with Crippen molar-refractivity contribution in [1.29, 1.82) is 0 Å². The van der Waals surface area contributed by atoms with Gasteiger partial charge in [0, 0.05) is 6.54 Å². The van der Waals surface area contributed by atoms with Crippen molar-refractivity contribution in [1.82, 2.24) is 5.32 Å². The summed E-state index contributed by atoms with van der Waals surface area (Å²) >= 11 is 5.94. The minimum absolute atomic E-state index is 0.251. The Balaban J connectivity index is 2.61. The minimum Gasteiger partial charge on any atom is -0.493 e. The molecule has 0 aliphatic heterocycles. The minimum atomic E-state index is -0.251. The van der Waals surface area contributed by atoms with Crippen molar-refractivity contribution in [2.45, 2.75) is 19.8 Å². The molecule has 94 valence electrons. The first-order valence-electron chi connectivity index (χ1n) is 5.56. The summed E-state index contributed by atoms with van der Waals surface area (Å²) in [6, 6.07) is 4.95. The summed E-state index contributed by atoms with van der Waals surface area (Å²) in [5.41, 5.74) is 0.564. The zero-order valence-corrected chi connectivity index (χ0v) is 10.8. The molecule has 0 atom stereocenters. The standard InChI is InChI=1S/C12H17ClN2O2/c1-3-4-8-14-12(16)15-10-7-5-6-9(13)11(10)17-2/h5-7H,3-4,8H2,1-2H3,(H2,14,15,16). The van der Waals surface area contributed by atoms with Crippen LogP contribution in [0.4, 0.5) is 10.5 Å². The molecule has 4 nitrogen and oxygen atoms in total. The second kappa shape index (κ2) is 7.01. The average Bonchev–Trinajstić information content (AvgIpc) is 2.29. The van der Waals surface area contributed by atoms with E-state index in [2.05, 4.69) is 17.6 Å². The van der Waals surface area contributed by atoms with Crippen LogP contribution in [0.5, 0.6) is 5.75 Å². The Hall–Kier alpha value is -1.42. The molecule has 17 heavy (non-hydrogen) atoms. The summed E-state index contributed by atoms with van der Waals surface area (Å²) in [4.78, 5) is 11.5. The van der Waals surface area contributed by atoms with Gasteiger partial charge < -0.3 is 15.4 Å². The highest BCUT2D eigenvalue weighted by Gasteiger charge is 2.09. The lowest BCUT2D eigenvalue weighted by molar-refractivity contribution is 0.252. The number of hydrogen-bond donors (Lipinski definition) is 2. The first-order valence-corrected chi connectivity index (χ1v) is 5.94. The van der Waals surface area contributed by atoms with Crippen LogP contribution in [0.15, 0.2) is 18.2 Å². The van der Waals surface area contributed by atoms with E-state index < -0.39 is 0 Å². The molecule has 1 aromatic carbocycles. The third-order valence-electron chi connectivity index (χ3n) is 2.24. The van der Waals surface area contributed by atoms with E-state index in [1.165, 1.54) is 7.11 Å². The molecule has 0 aromatic heterocycles. The molecular formula is C12H17ClN2O2. The van der Waals surface area contributed by atoms with Crippen LogP contribution >= 0.6 is 11.6 Å². The van der Waals surface area contributed by atoms with E-state index in [0.29, 0.717) is 23.0 Å². The molecule has 0 aliphatic rings. The van der Waals surface area contributed by atoms with Gasteiger partial charge in [-0.3, -0.25) is 0 Å². The number of rotatable bonds is 5. The smallest absolute Gasteiger partial charge is 0.319 e. The molecule has 2 amide bonds. The van der Waals surface area contributed by atoms with Gasteiger partial charge in [-0.25, -0.2) is 4.79 Å². The third-order valence-corrected chi connectivity index (χ3v) is 2.53. The van der Waals surface area contributed by atoms with Crippen LogP contribution in [0.1, 0.15) is 19.8 Å². The number of benzene rings is 1. The van der Waals surface area contributed by atoms with E-state index in [9.17, 15) is 4.79 Å². The molecule has 0 heterocycles. The van der Waals surface area contributed by atoms with Crippen LogP contribution in [0.2, 0.25) is 5.02 Å². The predicted octanol–water partition coefficient (Wildman–Crippen LogP) is 3.27. The van der Waals surface area contributed by atoms with Crippen LogP contribution < -0.4 is 15.4 Å². The van der Waals surface area contributed by atoms with Crippen LogP contribution in [-0.4, -0.2) is 19.7 Å². The van der Waals surface area contributed by atoms with Crippen LogP contribution in [0.3, 0.4) is 0 Å². The maximum Gasteiger partial charge on any atom is 0.319 e. The quantitative estimate of drug-likeness (QED) is 0.795. The number of carbonyl (C=O) groups is 1. The molecule has 0 saturated heterocycles. The number of unbranched alkanes of at least 4 members (excludes halogenated alkanes) is 1. The monoisotopic (exact) mass is 256 g/mol. The van der Waals surface area contributed by atoms with E-state index in [0.717, 1.165) is 12.8 Å². The molecule has 1 rings (SSSR count). The first kappa shape index (κ1) is 13.6. The summed E-state index contributed by atoms with van der Waals surface area (Å²) in [6.07, 6.45) is 2.00. The normalized spacial score (nSPS) is 9.82. The molecule has 0 bridgehead atoms. The first-order chi connectivity index (χ1) is 8.19. The lowest BCUT2D eigenvalue weighted by Crippen LogP contribution is -2.29. The van der Waals surface area contributed by atoms with Crippen LogP contribution in [-0.2, 0) is 0 Å². The molecule has 0 saturated carbocycles. The number of anilines is 1. The third kappa shape index (κ3) is 4.15. The number of methoxy groups -OCH3 is 1. The molecule has 0 spiro atoms. The Bertz CT molecular complexity index is 383. The fraction of sp³-hybridized carbons (Fsp3) is 0.417. The Kier molecular flexibility index (Phi) is 5.63. The number of urea groups is 1. The summed E-state index contributed by atoms with van der Waals surface area (Å²) in [5, 5.41) is 5.93. The Morgan fingerprint density at radius 1 is 1.47 bits per heavy atom. The van der Waals surface area contributed by atoms with Gasteiger partial charge in [0.2, 0.25) is 0 Å². The lowest BCUT2D eigenvalue weighted by Gasteiger charge is -2.11. The summed E-state index contributed by atoms with van der Waals surface area (Å²) in [6.45, 7) is 2.73. The molecule has 2 N–H and O–H groups in total. The summed E-state index contributed by atoms with van der Waals surface area (Å²) in [7, 11) is 1.52. The number of nitrogens with one attached hydrogen (secondary N) is 2. The second-order valence-corrected chi connectivity index (χ2v) is 3.96. The zero-order chi connectivity index (χ0) is 12.7. The molecule has 0 aliphatic carbocycles. The van der Waals surface area contributed by atoms with Gasteiger partial charge in [-0.05, 0) is 18.6 Å². The summed E-state index contributed by atoms with van der Waals surface area (Å²) < 4.78 is 5.13. The molecule has 1 aromatic rings. The number of carbonyl (C=O) groups excluding carboxylic acids is 1. The van der Waals surface area contributed by atoms with Crippen LogP contribution in [0.25, 0.3) is 0 Å². The number of amides is 2. The number of para-hydroxylation sites is 1. The van der Waals surface area contributed by atoms with E-state index >= 15 is 0 Å². The SMILES string of the molecule is CCCCNC(=O)Nc1cccc(Cl)c1OC. The van der Waals surface area contributed by atoms with Gasteiger partial charge >= 0.3 is 6.03 Å². The highest BCUT2D eigenvalue weighted by molar-refractivity contribution is 6.32. The average molecular weight is 257 g/mol. The highest BCUT2D eigenvalue weighted by atomic mass is 35.5. The van der Waals surface area contributed by atoms with E-state index in [-0.39, 0.29) is 6.03 Å².